The van der Waals surface area contributed by atoms with Crippen molar-refractivity contribution in [1.82, 2.24) is 5.32 Å². The first kappa shape index (κ1) is 14.5. The Morgan fingerprint density at radius 3 is 2.44 bits per heavy atom. The minimum Gasteiger partial charge on any atom is -0.399 e. The predicted octanol–water partition coefficient (Wildman–Crippen LogP) is 0.264. The van der Waals surface area contributed by atoms with Gasteiger partial charge in [-0.05, 0) is 17.7 Å². The molecule has 18 heavy (non-hydrogen) atoms. The number of hydrogen-bond donors (Lipinski definition) is 4. The summed E-state index contributed by atoms with van der Waals surface area (Å²) in [6.45, 7) is 3.31. The van der Waals surface area contributed by atoms with E-state index in [0.717, 1.165) is 5.56 Å². The average molecular weight is 252 g/mol. The third-order valence-corrected chi connectivity index (χ3v) is 2.84. The molecule has 0 aliphatic rings. The molecule has 0 radical (unpaired) electrons. The van der Waals surface area contributed by atoms with Crippen LogP contribution in [0.25, 0.3) is 0 Å². The Bertz CT molecular complexity index is 401. The highest BCUT2D eigenvalue weighted by Gasteiger charge is 2.32. The van der Waals surface area contributed by atoms with Crippen LogP contribution in [0.3, 0.4) is 0 Å². The Labute approximate surface area is 107 Å². The molecule has 0 fully saturated rings. The van der Waals surface area contributed by atoms with Gasteiger partial charge in [-0.25, -0.2) is 0 Å². The van der Waals surface area contributed by atoms with Crippen molar-refractivity contribution in [1.29, 1.82) is 0 Å². The number of nitrogen functional groups attached to an aromatic ring is 1. The predicted molar refractivity (Wildman–Crippen MR) is 69.6 cm³/mol. The second kappa shape index (κ2) is 5.84. The quantitative estimate of drug-likeness (QED) is 0.565. The number of aliphatic hydroxyl groups excluding tert-OH is 2. The van der Waals surface area contributed by atoms with Gasteiger partial charge in [-0.2, -0.15) is 0 Å². The van der Waals surface area contributed by atoms with Crippen molar-refractivity contribution in [2.75, 3.05) is 12.3 Å². The van der Waals surface area contributed by atoms with Gasteiger partial charge in [0.2, 0.25) is 5.91 Å². The zero-order valence-corrected chi connectivity index (χ0v) is 10.7. The van der Waals surface area contributed by atoms with Crippen LogP contribution in [-0.4, -0.2) is 28.8 Å². The number of anilines is 1. The van der Waals surface area contributed by atoms with Gasteiger partial charge in [0.1, 0.15) is 6.10 Å². The van der Waals surface area contributed by atoms with E-state index in [1.54, 1.807) is 38.1 Å². The van der Waals surface area contributed by atoms with E-state index in [0.29, 0.717) is 12.2 Å². The zero-order valence-electron chi connectivity index (χ0n) is 10.7. The van der Waals surface area contributed by atoms with Crippen molar-refractivity contribution in [3.8, 4) is 0 Å². The van der Waals surface area contributed by atoms with Crippen LogP contribution in [0.1, 0.15) is 19.4 Å². The van der Waals surface area contributed by atoms with Gasteiger partial charge in [0.15, 0.2) is 0 Å². The molecule has 0 saturated heterocycles. The molecular formula is C13H20N2O3. The molecule has 0 spiro atoms. The average Bonchev–Trinajstić information content (AvgIpc) is 2.36. The van der Waals surface area contributed by atoms with Crippen molar-refractivity contribution in [3.05, 3.63) is 29.8 Å². The van der Waals surface area contributed by atoms with E-state index < -0.39 is 17.4 Å². The number of nitrogens with two attached hydrogens (primary N) is 1. The Kier molecular flexibility index (Phi) is 4.69. The molecule has 5 heteroatoms. The highest BCUT2D eigenvalue weighted by atomic mass is 16.3. The van der Waals surface area contributed by atoms with Gasteiger partial charge >= 0.3 is 0 Å². The second-order valence-corrected chi connectivity index (χ2v) is 5.01. The van der Waals surface area contributed by atoms with Crippen molar-refractivity contribution in [2.45, 2.75) is 26.5 Å². The lowest BCUT2D eigenvalue weighted by Gasteiger charge is -2.27. The molecule has 0 bridgehead atoms. The summed E-state index contributed by atoms with van der Waals surface area (Å²) < 4.78 is 0. The van der Waals surface area contributed by atoms with Crippen LogP contribution < -0.4 is 11.1 Å². The molecule has 0 saturated carbocycles. The molecule has 1 rings (SSSR count). The van der Waals surface area contributed by atoms with Gasteiger partial charge in [0.05, 0.1) is 6.61 Å². The number of hydrogen-bond acceptors (Lipinski definition) is 4. The summed E-state index contributed by atoms with van der Waals surface area (Å²) in [5, 5.41) is 21.5. The number of nitrogens with one attached hydrogen (secondary N) is 1. The topological polar surface area (TPSA) is 95.6 Å². The summed E-state index contributed by atoms with van der Waals surface area (Å²) >= 11 is 0. The fraction of sp³-hybridized carbons (Fsp3) is 0.462. The standard InChI is InChI=1S/C13H20N2O3/c1-13(2,8-16)11(17)12(18)15-7-9-3-5-10(14)6-4-9/h3-6,11,16-17H,7-8,14H2,1-2H3,(H,15,18)/t11-/m0/s1. The Morgan fingerprint density at radius 2 is 1.94 bits per heavy atom. The maximum Gasteiger partial charge on any atom is 0.249 e. The molecule has 0 heterocycles. The van der Waals surface area contributed by atoms with Crippen molar-refractivity contribution < 1.29 is 15.0 Å². The van der Waals surface area contributed by atoms with Gasteiger partial charge in [-0.15, -0.1) is 0 Å². The molecule has 100 valence electrons. The monoisotopic (exact) mass is 252 g/mol. The van der Waals surface area contributed by atoms with Gasteiger partial charge < -0.3 is 21.3 Å². The summed E-state index contributed by atoms with van der Waals surface area (Å²) in [5.74, 6) is -0.495. The summed E-state index contributed by atoms with van der Waals surface area (Å²) in [6.07, 6.45) is -1.24. The van der Waals surface area contributed by atoms with Crippen LogP contribution >= 0.6 is 0 Å². The molecule has 0 aliphatic carbocycles. The van der Waals surface area contributed by atoms with Gasteiger partial charge in [0.25, 0.3) is 0 Å². The van der Waals surface area contributed by atoms with Gasteiger partial charge in [-0.1, -0.05) is 26.0 Å². The zero-order chi connectivity index (χ0) is 13.8. The van der Waals surface area contributed by atoms with E-state index >= 15 is 0 Å². The van der Waals surface area contributed by atoms with Crippen LogP contribution in [0.15, 0.2) is 24.3 Å². The molecule has 0 aromatic heterocycles. The normalized spacial score (nSPS) is 13.1. The Balaban J connectivity index is 2.53. The number of aliphatic hydroxyl groups is 2. The van der Waals surface area contributed by atoms with E-state index in [1.165, 1.54) is 0 Å². The first-order chi connectivity index (χ1) is 8.36. The van der Waals surface area contributed by atoms with E-state index in [1.807, 2.05) is 0 Å². The van der Waals surface area contributed by atoms with Crippen LogP contribution in [0.2, 0.25) is 0 Å². The van der Waals surface area contributed by atoms with Crippen LogP contribution in [0, 0.1) is 5.41 Å². The number of benzene rings is 1. The lowest BCUT2D eigenvalue weighted by molar-refractivity contribution is -0.137. The van der Waals surface area contributed by atoms with E-state index in [2.05, 4.69) is 5.32 Å². The second-order valence-electron chi connectivity index (χ2n) is 5.01. The highest BCUT2D eigenvalue weighted by Crippen LogP contribution is 2.19. The molecule has 5 nitrogen and oxygen atoms in total. The molecule has 0 unspecified atom stereocenters. The molecule has 1 atom stereocenters. The number of carbonyl (C=O) groups excluding carboxylic acids is 1. The lowest BCUT2D eigenvalue weighted by Crippen LogP contribution is -2.45. The van der Waals surface area contributed by atoms with Crippen molar-refractivity contribution in [3.63, 3.8) is 0 Å². The summed E-state index contributed by atoms with van der Waals surface area (Å²) in [6, 6.07) is 7.10. The third kappa shape index (κ3) is 3.72. The summed E-state index contributed by atoms with van der Waals surface area (Å²) in [4.78, 5) is 11.7. The fourth-order valence-electron chi connectivity index (χ4n) is 1.36. The Morgan fingerprint density at radius 1 is 1.39 bits per heavy atom. The first-order valence-corrected chi connectivity index (χ1v) is 5.78. The molecule has 5 N–H and O–H groups in total. The highest BCUT2D eigenvalue weighted by molar-refractivity contribution is 5.81. The molecule has 0 aliphatic heterocycles. The minimum absolute atomic E-state index is 0.260. The summed E-state index contributed by atoms with van der Waals surface area (Å²) in [7, 11) is 0. The lowest BCUT2D eigenvalue weighted by atomic mass is 9.87. The third-order valence-electron chi connectivity index (χ3n) is 2.84. The largest absolute Gasteiger partial charge is 0.399 e. The van der Waals surface area contributed by atoms with Gasteiger partial charge in [0, 0.05) is 17.6 Å². The fourth-order valence-corrected chi connectivity index (χ4v) is 1.36. The van der Waals surface area contributed by atoms with Crippen LogP contribution in [-0.2, 0) is 11.3 Å². The number of amides is 1. The van der Waals surface area contributed by atoms with Crippen LogP contribution in [0.4, 0.5) is 5.69 Å². The number of rotatable bonds is 5. The van der Waals surface area contributed by atoms with E-state index in [-0.39, 0.29) is 6.61 Å². The number of carbonyl (C=O) groups is 1. The SMILES string of the molecule is CC(C)(CO)[C@@H](O)C(=O)NCc1ccc(N)cc1. The maximum absolute atomic E-state index is 11.7. The maximum atomic E-state index is 11.7. The van der Waals surface area contributed by atoms with Crippen molar-refractivity contribution in [2.24, 2.45) is 5.41 Å². The molecule has 1 amide bonds. The summed E-state index contributed by atoms with van der Waals surface area (Å²) in [5.41, 5.74) is 6.25. The van der Waals surface area contributed by atoms with E-state index in [9.17, 15) is 9.90 Å². The molecule has 1 aromatic carbocycles. The Hall–Kier alpha value is -1.59. The van der Waals surface area contributed by atoms with Crippen LogP contribution in [0.5, 0.6) is 0 Å². The first-order valence-electron chi connectivity index (χ1n) is 5.78. The van der Waals surface area contributed by atoms with Gasteiger partial charge in [-0.3, -0.25) is 4.79 Å². The molecular weight excluding hydrogens is 232 g/mol. The van der Waals surface area contributed by atoms with E-state index in [4.69, 9.17) is 10.8 Å². The van der Waals surface area contributed by atoms with Crippen molar-refractivity contribution >= 4 is 11.6 Å². The molecule has 1 aromatic rings. The minimum atomic E-state index is -1.24. The smallest absolute Gasteiger partial charge is 0.249 e.